The van der Waals surface area contributed by atoms with E-state index in [1.54, 1.807) is 0 Å². The van der Waals surface area contributed by atoms with Crippen molar-refractivity contribution in [3.05, 3.63) is 0 Å². The number of nitrogens with zero attached hydrogens (tertiary/aromatic N) is 1. The first-order chi connectivity index (χ1) is 6.61. The SMILES string of the molecule is CC(C)C1C(=O)NC2CCCN2C1=O. The highest BCUT2D eigenvalue weighted by Crippen LogP contribution is 2.26. The van der Waals surface area contributed by atoms with Crippen LogP contribution in [0.3, 0.4) is 0 Å². The maximum absolute atomic E-state index is 11.9. The van der Waals surface area contributed by atoms with E-state index in [1.165, 1.54) is 0 Å². The summed E-state index contributed by atoms with van der Waals surface area (Å²) in [6, 6.07) is 0. The van der Waals surface area contributed by atoms with Gasteiger partial charge in [-0.05, 0) is 18.8 Å². The van der Waals surface area contributed by atoms with Gasteiger partial charge < -0.3 is 10.2 Å². The number of rotatable bonds is 1. The van der Waals surface area contributed by atoms with Gasteiger partial charge in [-0.1, -0.05) is 13.8 Å². The first-order valence-electron chi connectivity index (χ1n) is 5.22. The molecule has 0 aliphatic carbocycles. The molecule has 4 heteroatoms. The predicted octanol–water partition coefficient (Wildman–Crippen LogP) is 0.337. The van der Waals surface area contributed by atoms with Gasteiger partial charge in [-0.15, -0.1) is 0 Å². The minimum Gasteiger partial charge on any atom is -0.335 e. The van der Waals surface area contributed by atoms with Crippen molar-refractivity contribution < 1.29 is 9.59 Å². The molecule has 0 aromatic rings. The van der Waals surface area contributed by atoms with E-state index in [-0.39, 0.29) is 23.9 Å². The van der Waals surface area contributed by atoms with Gasteiger partial charge in [0.25, 0.3) is 0 Å². The number of nitrogens with one attached hydrogen (secondary N) is 1. The summed E-state index contributed by atoms with van der Waals surface area (Å²) >= 11 is 0. The molecule has 2 fully saturated rings. The summed E-state index contributed by atoms with van der Waals surface area (Å²) in [6.45, 7) is 4.63. The summed E-state index contributed by atoms with van der Waals surface area (Å²) in [7, 11) is 0. The second-order valence-electron chi connectivity index (χ2n) is 4.42. The molecule has 2 rings (SSSR count). The Morgan fingerprint density at radius 1 is 1.43 bits per heavy atom. The van der Waals surface area contributed by atoms with Crippen molar-refractivity contribution in [3.63, 3.8) is 0 Å². The van der Waals surface area contributed by atoms with Gasteiger partial charge in [0, 0.05) is 6.54 Å². The number of carbonyl (C=O) groups is 2. The molecule has 2 aliphatic heterocycles. The molecule has 2 aliphatic rings. The lowest BCUT2D eigenvalue weighted by atomic mass is 9.91. The second-order valence-corrected chi connectivity index (χ2v) is 4.42. The van der Waals surface area contributed by atoms with Gasteiger partial charge in [0.05, 0.1) is 0 Å². The lowest BCUT2D eigenvalue weighted by molar-refractivity contribution is -0.151. The maximum atomic E-state index is 11.9. The number of hydrogen-bond acceptors (Lipinski definition) is 2. The number of amides is 2. The lowest BCUT2D eigenvalue weighted by Gasteiger charge is -2.36. The van der Waals surface area contributed by atoms with Crippen LogP contribution < -0.4 is 5.32 Å². The molecule has 2 unspecified atom stereocenters. The lowest BCUT2D eigenvalue weighted by Crippen LogP contribution is -2.59. The van der Waals surface area contributed by atoms with Gasteiger partial charge in [0.2, 0.25) is 11.8 Å². The second kappa shape index (κ2) is 3.26. The van der Waals surface area contributed by atoms with Crippen LogP contribution in [0.4, 0.5) is 0 Å². The van der Waals surface area contributed by atoms with Crippen molar-refractivity contribution in [2.45, 2.75) is 32.9 Å². The minimum absolute atomic E-state index is 0.0197. The Morgan fingerprint density at radius 2 is 2.14 bits per heavy atom. The van der Waals surface area contributed by atoms with Gasteiger partial charge in [-0.3, -0.25) is 9.59 Å². The molecular weight excluding hydrogens is 180 g/mol. The topological polar surface area (TPSA) is 49.4 Å². The van der Waals surface area contributed by atoms with Crippen molar-refractivity contribution in [3.8, 4) is 0 Å². The van der Waals surface area contributed by atoms with Crippen molar-refractivity contribution in [1.29, 1.82) is 0 Å². The van der Waals surface area contributed by atoms with Crippen LogP contribution in [0.25, 0.3) is 0 Å². The fourth-order valence-corrected chi connectivity index (χ4v) is 2.31. The molecule has 4 nitrogen and oxygen atoms in total. The third-order valence-electron chi connectivity index (χ3n) is 3.06. The molecule has 0 bridgehead atoms. The zero-order chi connectivity index (χ0) is 10.3. The van der Waals surface area contributed by atoms with Crippen LogP contribution in [0.15, 0.2) is 0 Å². The Hall–Kier alpha value is -1.06. The van der Waals surface area contributed by atoms with Crippen molar-refractivity contribution in [2.24, 2.45) is 11.8 Å². The molecule has 14 heavy (non-hydrogen) atoms. The molecule has 0 saturated carbocycles. The molecule has 2 saturated heterocycles. The predicted molar refractivity (Wildman–Crippen MR) is 51.2 cm³/mol. The van der Waals surface area contributed by atoms with Crippen LogP contribution in [-0.4, -0.2) is 29.4 Å². The summed E-state index contributed by atoms with van der Waals surface area (Å²) in [5, 5.41) is 2.91. The summed E-state index contributed by atoms with van der Waals surface area (Å²) in [6.07, 6.45) is 1.88. The summed E-state index contributed by atoms with van der Waals surface area (Å²) in [5.74, 6) is -0.451. The normalized spacial score (nSPS) is 32.1. The fourth-order valence-electron chi connectivity index (χ4n) is 2.31. The highest BCUT2D eigenvalue weighted by atomic mass is 16.2. The van der Waals surface area contributed by atoms with Crippen LogP contribution in [0.1, 0.15) is 26.7 Å². The van der Waals surface area contributed by atoms with Gasteiger partial charge >= 0.3 is 0 Å². The molecule has 0 aromatic carbocycles. The van der Waals surface area contributed by atoms with E-state index in [0.29, 0.717) is 0 Å². The summed E-state index contributed by atoms with van der Waals surface area (Å²) in [5.41, 5.74) is 0. The van der Waals surface area contributed by atoms with Gasteiger partial charge in [0.1, 0.15) is 12.1 Å². The van der Waals surface area contributed by atoms with Crippen molar-refractivity contribution in [1.82, 2.24) is 10.2 Å². The van der Waals surface area contributed by atoms with E-state index in [9.17, 15) is 9.59 Å². The average molecular weight is 196 g/mol. The molecule has 0 aromatic heterocycles. The molecular formula is C10H16N2O2. The number of hydrogen-bond donors (Lipinski definition) is 1. The van der Waals surface area contributed by atoms with Crippen molar-refractivity contribution >= 4 is 11.8 Å². The Kier molecular flexibility index (Phi) is 2.21. The monoisotopic (exact) mass is 196 g/mol. The third-order valence-corrected chi connectivity index (χ3v) is 3.06. The van der Waals surface area contributed by atoms with Gasteiger partial charge in [-0.25, -0.2) is 0 Å². The van der Waals surface area contributed by atoms with Crippen LogP contribution in [0.5, 0.6) is 0 Å². The van der Waals surface area contributed by atoms with E-state index >= 15 is 0 Å². The van der Waals surface area contributed by atoms with Crippen LogP contribution >= 0.6 is 0 Å². The molecule has 2 atom stereocenters. The zero-order valence-electron chi connectivity index (χ0n) is 8.62. The van der Waals surface area contributed by atoms with E-state index in [2.05, 4.69) is 5.32 Å². The maximum Gasteiger partial charge on any atom is 0.237 e. The molecule has 2 amide bonds. The molecule has 0 radical (unpaired) electrons. The van der Waals surface area contributed by atoms with E-state index in [1.807, 2.05) is 18.7 Å². The van der Waals surface area contributed by atoms with Crippen LogP contribution in [-0.2, 0) is 9.59 Å². The quantitative estimate of drug-likeness (QED) is 0.615. The molecule has 78 valence electrons. The summed E-state index contributed by atoms with van der Waals surface area (Å²) < 4.78 is 0. The van der Waals surface area contributed by atoms with E-state index in [0.717, 1.165) is 19.4 Å². The molecule has 0 spiro atoms. The first kappa shape index (κ1) is 9.49. The average Bonchev–Trinajstić information content (AvgIpc) is 2.50. The van der Waals surface area contributed by atoms with Gasteiger partial charge in [0.15, 0.2) is 0 Å². The van der Waals surface area contributed by atoms with Crippen molar-refractivity contribution in [2.75, 3.05) is 6.54 Å². The largest absolute Gasteiger partial charge is 0.335 e. The van der Waals surface area contributed by atoms with E-state index in [4.69, 9.17) is 0 Å². The smallest absolute Gasteiger partial charge is 0.237 e. The summed E-state index contributed by atoms with van der Waals surface area (Å²) in [4.78, 5) is 25.4. The van der Waals surface area contributed by atoms with Crippen LogP contribution in [0.2, 0.25) is 0 Å². The minimum atomic E-state index is -0.468. The Balaban J connectivity index is 2.21. The van der Waals surface area contributed by atoms with Crippen LogP contribution in [0, 0.1) is 11.8 Å². The Bertz CT molecular complexity index is 275. The zero-order valence-corrected chi connectivity index (χ0v) is 8.62. The third kappa shape index (κ3) is 1.29. The Morgan fingerprint density at radius 3 is 2.79 bits per heavy atom. The number of carbonyl (C=O) groups excluding carboxylic acids is 2. The highest BCUT2D eigenvalue weighted by molar-refractivity contribution is 6.03. The molecule has 1 N–H and O–H groups in total. The Labute approximate surface area is 83.6 Å². The fraction of sp³-hybridized carbons (Fsp3) is 0.800. The highest BCUT2D eigenvalue weighted by Gasteiger charge is 2.43. The number of fused-ring (bicyclic) bond motifs is 1. The first-order valence-corrected chi connectivity index (χ1v) is 5.22. The molecule has 2 heterocycles. The standard InChI is InChI=1S/C10H16N2O2/c1-6(2)8-9(13)11-7-4-3-5-12(7)10(8)14/h6-8H,3-5H2,1-2H3,(H,11,13). The van der Waals surface area contributed by atoms with E-state index < -0.39 is 5.92 Å². The van der Waals surface area contributed by atoms with Gasteiger partial charge in [-0.2, -0.15) is 0 Å².